The summed E-state index contributed by atoms with van der Waals surface area (Å²) >= 11 is 0. The van der Waals surface area contributed by atoms with Gasteiger partial charge in [-0.2, -0.15) is 0 Å². The molecule has 0 aromatic rings. The molecule has 0 aromatic carbocycles. The molecule has 0 saturated carbocycles. The van der Waals surface area contributed by atoms with E-state index in [4.69, 9.17) is 4.43 Å². The van der Waals surface area contributed by atoms with Crippen LogP contribution in [0.15, 0.2) is 0 Å². The zero-order valence-corrected chi connectivity index (χ0v) is 14.7. The molecule has 20 heavy (non-hydrogen) atoms. The summed E-state index contributed by atoms with van der Waals surface area (Å²) < 4.78 is 5.94. The van der Waals surface area contributed by atoms with Crippen LogP contribution in [0, 0.1) is 0 Å². The lowest BCUT2D eigenvalue weighted by molar-refractivity contribution is -0.133. The van der Waals surface area contributed by atoms with Crippen molar-refractivity contribution in [2.24, 2.45) is 0 Å². The molecule has 2 amide bonds. The van der Waals surface area contributed by atoms with E-state index in [0.717, 1.165) is 0 Å². The van der Waals surface area contributed by atoms with Crippen molar-refractivity contribution in [1.29, 1.82) is 0 Å². The van der Waals surface area contributed by atoms with Crippen LogP contribution in [0.4, 0.5) is 0 Å². The van der Waals surface area contributed by atoms with E-state index in [-0.39, 0.29) is 16.9 Å². The molecule has 0 spiro atoms. The van der Waals surface area contributed by atoms with Gasteiger partial charge in [0.2, 0.25) is 5.91 Å². The van der Waals surface area contributed by atoms with Crippen LogP contribution in [0.5, 0.6) is 0 Å². The largest absolute Gasteiger partial charge is 0.405 e. The first-order valence-electron chi connectivity index (χ1n) is 6.92. The van der Waals surface area contributed by atoms with Crippen molar-refractivity contribution >= 4 is 20.1 Å². The smallest absolute Gasteiger partial charge is 0.265 e. The molecule has 0 radical (unpaired) electrons. The molecule has 0 bridgehead atoms. The van der Waals surface area contributed by atoms with E-state index in [1.165, 1.54) is 0 Å². The predicted octanol–water partition coefficient (Wildman–Crippen LogP) is 1.15. The third-order valence-corrected chi connectivity index (χ3v) is 8.13. The SMILES string of the molecule is CNCCC(=O)NNC(=O)C(C)O[Si](C)(C)C(C)(C)C. The molecular formula is C13H29N3O3Si. The lowest BCUT2D eigenvalue weighted by atomic mass is 10.2. The highest BCUT2D eigenvalue weighted by molar-refractivity contribution is 6.74. The topological polar surface area (TPSA) is 79.5 Å². The lowest BCUT2D eigenvalue weighted by Crippen LogP contribution is -2.51. The van der Waals surface area contributed by atoms with Gasteiger partial charge in [-0.1, -0.05) is 20.8 Å². The normalized spacial score (nSPS) is 13.8. The van der Waals surface area contributed by atoms with Crippen LogP contribution in [0.3, 0.4) is 0 Å². The molecule has 0 aliphatic heterocycles. The third-order valence-electron chi connectivity index (χ3n) is 3.57. The Bertz CT molecular complexity index is 340. The fourth-order valence-electron chi connectivity index (χ4n) is 1.21. The number of amides is 2. The zero-order valence-electron chi connectivity index (χ0n) is 13.7. The van der Waals surface area contributed by atoms with Crippen molar-refractivity contribution in [3.63, 3.8) is 0 Å². The molecule has 0 rings (SSSR count). The van der Waals surface area contributed by atoms with E-state index in [1.54, 1.807) is 14.0 Å². The number of carbonyl (C=O) groups excluding carboxylic acids is 2. The van der Waals surface area contributed by atoms with E-state index >= 15 is 0 Å². The molecular weight excluding hydrogens is 274 g/mol. The van der Waals surface area contributed by atoms with Crippen molar-refractivity contribution in [2.75, 3.05) is 13.6 Å². The minimum absolute atomic E-state index is 0.0393. The molecule has 1 atom stereocenters. The summed E-state index contributed by atoms with van der Waals surface area (Å²) in [5.74, 6) is -0.556. The maximum absolute atomic E-state index is 11.9. The second-order valence-electron chi connectivity index (χ2n) is 6.41. The Labute approximate surface area is 123 Å². The van der Waals surface area contributed by atoms with E-state index in [2.05, 4.69) is 50.0 Å². The molecule has 1 unspecified atom stereocenters. The van der Waals surface area contributed by atoms with Gasteiger partial charge in [-0.3, -0.25) is 20.4 Å². The Kier molecular flexibility index (Phi) is 7.39. The van der Waals surface area contributed by atoms with Crippen LogP contribution in [0.2, 0.25) is 18.1 Å². The van der Waals surface area contributed by atoms with Gasteiger partial charge in [-0.15, -0.1) is 0 Å². The van der Waals surface area contributed by atoms with Gasteiger partial charge in [-0.25, -0.2) is 0 Å². The molecule has 0 saturated heterocycles. The summed E-state index contributed by atoms with van der Waals surface area (Å²) in [5.41, 5.74) is 4.78. The van der Waals surface area contributed by atoms with Gasteiger partial charge in [-0.05, 0) is 32.1 Å². The highest BCUT2D eigenvalue weighted by Crippen LogP contribution is 2.37. The first-order chi connectivity index (χ1) is 9.01. The summed E-state index contributed by atoms with van der Waals surface area (Å²) in [6.07, 6.45) is -0.269. The van der Waals surface area contributed by atoms with Crippen LogP contribution in [0.1, 0.15) is 34.1 Å². The van der Waals surface area contributed by atoms with Gasteiger partial charge >= 0.3 is 0 Å². The Hall–Kier alpha value is -0.923. The van der Waals surface area contributed by atoms with Gasteiger partial charge in [0, 0.05) is 13.0 Å². The molecule has 0 aromatic heterocycles. The molecule has 6 nitrogen and oxygen atoms in total. The first kappa shape index (κ1) is 19.1. The fourth-order valence-corrected chi connectivity index (χ4v) is 2.55. The van der Waals surface area contributed by atoms with E-state index in [9.17, 15) is 9.59 Å². The highest BCUT2D eigenvalue weighted by atomic mass is 28.4. The van der Waals surface area contributed by atoms with Crippen molar-refractivity contribution in [2.45, 2.75) is 58.4 Å². The maximum atomic E-state index is 11.9. The van der Waals surface area contributed by atoms with Crippen LogP contribution in [-0.2, 0) is 14.0 Å². The molecule has 0 heterocycles. The molecule has 0 aliphatic carbocycles. The summed E-state index contributed by atoms with van der Waals surface area (Å²) in [6, 6.07) is 0. The summed E-state index contributed by atoms with van der Waals surface area (Å²) in [5, 5.41) is 2.90. The van der Waals surface area contributed by atoms with E-state index in [1.807, 2.05) is 0 Å². The Morgan fingerprint density at radius 1 is 1.20 bits per heavy atom. The van der Waals surface area contributed by atoms with Crippen molar-refractivity contribution in [3.05, 3.63) is 0 Å². The first-order valence-corrected chi connectivity index (χ1v) is 9.83. The molecule has 7 heteroatoms. The molecule has 3 N–H and O–H groups in total. The summed E-state index contributed by atoms with van der Waals surface area (Å²) in [7, 11) is -0.227. The summed E-state index contributed by atoms with van der Waals surface area (Å²) in [4.78, 5) is 23.3. The molecule has 0 fully saturated rings. The second kappa shape index (κ2) is 7.75. The summed E-state index contributed by atoms with van der Waals surface area (Å²) in [6.45, 7) is 12.8. The Morgan fingerprint density at radius 2 is 1.75 bits per heavy atom. The van der Waals surface area contributed by atoms with Gasteiger partial charge < -0.3 is 9.74 Å². The van der Waals surface area contributed by atoms with Crippen LogP contribution in [0.25, 0.3) is 0 Å². The van der Waals surface area contributed by atoms with Crippen molar-refractivity contribution in [1.82, 2.24) is 16.2 Å². The van der Waals surface area contributed by atoms with Gasteiger partial charge in [0.1, 0.15) is 6.10 Å². The Balaban J connectivity index is 4.26. The standard InChI is InChI=1S/C13H29N3O3Si/c1-10(19-20(6,7)13(2,3)4)12(18)16-15-11(17)8-9-14-5/h10,14H,8-9H2,1-7H3,(H,15,17)(H,16,18). The average Bonchev–Trinajstić information content (AvgIpc) is 2.31. The zero-order chi connectivity index (χ0) is 16.0. The maximum Gasteiger partial charge on any atom is 0.265 e. The minimum Gasteiger partial charge on any atom is -0.405 e. The van der Waals surface area contributed by atoms with Crippen LogP contribution in [-0.4, -0.2) is 39.8 Å². The monoisotopic (exact) mass is 303 g/mol. The third kappa shape index (κ3) is 6.49. The number of nitrogens with one attached hydrogen (secondary N) is 3. The molecule has 118 valence electrons. The van der Waals surface area contributed by atoms with Crippen LogP contribution >= 0.6 is 0 Å². The number of rotatable bonds is 6. The second-order valence-corrected chi connectivity index (χ2v) is 11.2. The van der Waals surface area contributed by atoms with Gasteiger partial charge in [0.05, 0.1) is 0 Å². The van der Waals surface area contributed by atoms with Crippen molar-refractivity contribution < 1.29 is 14.0 Å². The lowest BCUT2D eigenvalue weighted by Gasteiger charge is -2.37. The van der Waals surface area contributed by atoms with Crippen molar-refractivity contribution in [3.8, 4) is 0 Å². The quantitative estimate of drug-likeness (QED) is 0.508. The molecule has 0 aliphatic rings. The van der Waals surface area contributed by atoms with Gasteiger partial charge in [0.25, 0.3) is 5.91 Å². The van der Waals surface area contributed by atoms with E-state index < -0.39 is 14.4 Å². The van der Waals surface area contributed by atoms with Crippen LogP contribution < -0.4 is 16.2 Å². The number of hydrazine groups is 1. The fraction of sp³-hybridized carbons (Fsp3) is 0.846. The van der Waals surface area contributed by atoms with Gasteiger partial charge in [0.15, 0.2) is 8.32 Å². The number of carbonyl (C=O) groups is 2. The average molecular weight is 303 g/mol. The van der Waals surface area contributed by atoms with E-state index in [0.29, 0.717) is 13.0 Å². The highest BCUT2D eigenvalue weighted by Gasteiger charge is 2.39. The number of hydrogen-bond acceptors (Lipinski definition) is 4. The minimum atomic E-state index is -1.99. The predicted molar refractivity (Wildman–Crippen MR) is 82.6 cm³/mol. The number of hydrogen-bond donors (Lipinski definition) is 3. The Morgan fingerprint density at radius 3 is 2.20 bits per heavy atom.